The van der Waals surface area contributed by atoms with Crippen LogP contribution in [0.1, 0.15) is 5.56 Å². The van der Waals surface area contributed by atoms with Crippen molar-refractivity contribution >= 4 is 43.4 Å². The Morgan fingerprint density at radius 1 is 1.25 bits per heavy atom. The SMILES string of the molecule is CNc1nc(Oc2ccc(Br)c(C)c2)c2ccsc2n1. The number of ether oxygens (including phenoxy) is 1. The molecule has 1 N–H and O–H groups in total. The van der Waals surface area contributed by atoms with Crippen LogP contribution in [-0.2, 0) is 0 Å². The monoisotopic (exact) mass is 349 g/mol. The Bertz CT molecular complexity index is 772. The van der Waals surface area contributed by atoms with E-state index in [0.29, 0.717) is 11.8 Å². The zero-order chi connectivity index (χ0) is 14.1. The molecule has 0 aliphatic carbocycles. The molecule has 0 amide bonds. The van der Waals surface area contributed by atoms with Crippen LogP contribution in [0.25, 0.3) is 10.2 Å². The van der Waals surface area contributed by atoms with Gasteiger partial charge in [-0.15, -0.1) is 11.3 Å². The smallest absolute Gasteiger partial charge is 0.232 e. The van der Waals surface area contributed by atoms with Gasteiger partial charge in [-0.3, -0.25) is 0 Å². The van der Waals surface area contributed by atoms with Gasteiger partial charge in [0.25, 0.3) is 0 Å². The molecule has 3 rings (SSSR count). The molecule has 0 saturated carbocycles. The largest absolute Gasteiger partial charge is 0.438 e. The summed E-state index contributed by atoms with van der Waals surface area (Å²) in [4.78, 5) is 9.70. The fraction of sp³-hybridized carbons (Fsp3) is 0.143. The third-order valence-electron chi connectivity index (χ3n) is 2.86. The maximum Gasteiger partial charge on any atom is 0.232 e. The molecule has 1 aromatic carbocycles. The third kappa shape index (κ3) is 2.48. The van der Waals surface area contributed by atoms with E-state index in [0.717, 1.165) is 26.0 Å². The summed E-state index contributed by atoms with van der Waals surface area (Å²) in [5.41, 5.74) is 1.12. The number of anilines is 1. The lowest BCUT2D eigenvalue weighted by Crippen LogP contribution is -1.98. The number of thiophene rings is 1. The molecule has 0 aliphatic heterocycles. The van der Waals surface area contributed by atoms with E-state index in [4.69, 9.17) is 4.74 Å². The second kappa shape index (κ2) is 5.38. The Hall–Kier alpha value is -1.66. The minimum absolute atomic E-state index is 0.559. The summed E-state index contributed by atoms with van der Waals surface area (Å²) in [6.07, 6.45) is 0. The van der Waals surface area contributed by atoms with Crippen molar-refractivity contribution in [3.63, 3.8) is 0 Å². The van der Waals surface area contributed by atoms with E-state index in [1.807, 2.05) is 36.6 Å². The quantitative estimate of drug-likeness (QED) is 0.750. The van der Waals surface area contributed by atoms with Crippen molar-refractivity contribution in [2.24, 2.45) is 0 Å². The van der Waals surface area contributed by atoms with E-state index in [1.54, 1.807) is 18.4 Å². The van der Waals surface area contributed by atoms with Gasteiger partial charge >= 0.3 is 0 Å². The molecule has 0 spiro atoms. The van der Waals surface area contributed by atoms with Crippen LogP contribution in [0.5, 0.6) is 11.6 Å². The Labute approximate surface area is 129 Å². The molecule has 4 nitrogen and oxygen atoms in total. The molecule has 0 aliphatic rings. The number of rotatable bonds is 3. The maximum absolute atomic E-state index is 5.92. The average molecular weight is 350 g/mol. The summed E-state index contributed by atoms with van der Waals surface area (Å²) in [6.45, 7) is 2.02. The first-order valence-electron chi connectivity index (χ1n) is 6.04. The number of nitrogens with zero attached hydrogens (tertiary/aromatic N) is 2. The predicted molar refractivity (Wildman–Crippen MR) is 85.9 cm³/mol. The van der Waals surface area contributed by atoms with Crippen molar-refractivity contribution in [1.29, 1.82) is 0 Å². The Morgan fingerprint density at radius 3 is 2.85 bits per heavy atom. The Morgan fingerprint density at radius 2 is 2.10 bits per heavy atom. The molecule has 0 bridgehead atoms. The molecule has 0 atom stereocenters. The molecule has 102 valence electrons. The molecule has 0 unspecified atom stereocenters. The maximum atomic E-state index is 5.92. The summed E-state index contributed by atoms with van der Waals surface area (Å²) < 4.78 is 6.98. The van der Waals surface area contributed by atoms with Gasteiger partial charge in [0.15, 0.2) is 0 Å². The number of hydrogen-bond donors (Lipinski definition) is 1. The van der Waals surface area contributed by atoms with Crippen LogP contribution in [0, 0.1) is 6.92 Å². The summed E-state index contributed by atoms with van der Waals surface area (Å²) in [7, 11) is 1.79. The van der Waals surface area contributed by atoms with Crippen LogP contribution in [-0.4, -0.2) is 17.0 Å². The lowest BCUT2D eigenvalue weighted by atomic mass is 10.2. The minimum Gasteiger partial charge on any atom is -0.438 e. The van der Waals surface area contributed by atoms with Crippen molar-refractivity contribution in [1.82, 2.24) is 9.97 Å². The van der Waals surface area contributed by atoms with E-state index in [9.17, 15) is 0 Å². The number of benzene rings is 1. The number of aryl methyl sites for hydroxylation is 1. The molecule has 0 radical (unpaired) electrons. The van der Waals surface area contributed by atoms with Gasteiger partial charge in [-0.1, -0.05) is 15.9 Å². The molecule has 0 fully saturated rings. The van der Waals surface area contributed by atoms with Gasteiger partial charge in [-0.05, 0) is 42.1 Å². The zero-order valence-corrected chi connectivity index (χ0v) is 13.4. The summed E-state index contributed by atoms with van der Waals surface area (Å²) in [5.74, 6) is 1.89. The van der Waals surface area contributed by atoms with Crippen molar-refractivity contribution in [2.45, 2.75) is 6.92 Å². The van der Waals surface area contributed by atoms with Crippen LogP contribution in [0.2, 0.25) is 0 Å². The molecule has 0 saturated heterocycles. The highest BCUT2D eigenvalue weighted by Crippen LogP contribution is 2.32. The van der Waals surface area contributed by atoms with E-state index < -0.39 is 0 Å². The zero-order valence-electron chi connectivity index (χ0n) is 11.0. The van der Waals surface area contributed by atoms with Crippen LogP contribution < -0.4 is 10.1 Å². The Kier molecular flexibility index (Phi) is 3.58. The fourth-order valence-corrected chi connectivity index (χ4v) is 2.81. The fourth-order valence-electron chi connectivity index (χ4n) is 1.81. The lowest BCUT2D eigenvalue weighted by Gasteiger charge is -2.09. The van der Waals surface area contributed by atoms with Crippen LogP contribution in [0.3, 0.4) is 0 Å². The highest BCUT2D eigenvalue weighted by Gasteiger charge is 2.10. The van der Waals surface area contributed by atoms with Gasteiger partial charge < -0.3 is 10.1 Å². The van der Waals surface area contributed by atoms with Crippen LogP contribution in [0.15, 0.2) is 34.1 Å². The first-order chi connectivity index (χ1) is 9.67. The first kappa shape index (κ1) is 13.3. The van der Waals surface area contributed by atoms with Crippen molar-refractivity contribution in [3.05, 3.63) is 39.7 Å². The summed E-state index contributed by atoms with van der Waals surface area (Å²) in [6, 6.07) is 7.83. The third-order valence-corrected chi connectivity index (χ3v) is 4.55. The van der Waals surface area contributed by atoms with Crippen molar-refractivity contribution < 1.29 is 4.74 Å². The molecule has 3 aromatic rings. The van der Waals surface area contributed by atoms with E-state index in [2.05, 4.69) is 31.2 Å². The van der Waals surface area contributed by atoms with Gasteiger partial charge in [-0.2, -0.15) is 4.98 Å². The Balaban J connectivity index is 2.04. The van der Waals surface area contributed by atoms with E-state index in [1.165, 1.54) is 0 Å². The highest BCUT2D eigenvalue weighted by atomic mass is 79.9. The summed E-state index contributed by atoms with van der Waals surface area (Å²) in [5, 5.41) is 5.86. The number of nitrogens with one attached hydrogen (secondary N) is 1. The predicted octanol–water partition coefficient (Wildman–Crippen LogP) is 4.60. The topological polar surface area (TPSA) is 47.0 Å². The number of aromatic nitrogens is 2. The second-order valence-corrected chi connectivity index (χ2v) is 6.00. The molecule has 20 heavy (non-hydrogen) atoms. The van der Waals surface area contributed by atoms with Crippen LogP contribution >= 0.6 is 27.3 Å². The standard InChI is InChI=1S/C14H12BrN3OS/c1-8-7-9(3-4-11(8)15)19-12-10-5-6-20-13(10)18-14(16-2)17-12/h3-7H,1-2H3,(H,16,17,18). The second-order valence-electron chi connectivity index (χ2n) is 4.25. The number of fused-ring (bicyclic) bond motifs is 1. The van der Waals surface area contributed by atoms with Crippen molar-refractivity contribution in [3.8, 4) is 11.6 Å². The molecule has 2 aromatic heterocycles. The van der Waals surface area contributed by atoms with E-state index >= 15 is 0 Å². The van der Waals surface area contributed by atoms with Gasteiger partial charge in [0.2, 0.25) is 11.8 Å². The van der Waals surface area contributed by atoms with Crippen LogP contribution in [0.4, 0.5) is 5.95 Å². The number of halogens is 1. The normalized spacial score (nSPS) is 10.8. The average Bonchev–Trinajstić information content (AvgIpc) is 2.91. The van der Waals surface area contributed by atoms with Crippen molar-refractivity contribution in [2.75, 3.05) is 12.4 Å². The molecular formula is C14H12BrN3OS. The first-order valence-corrected chi connectivity index (χ1v) is 7.71. The molecular weight excluding hydrogens is 338 g/mol. The van der Waals surface area contributed by atoms with Gasteiger partial charge in [0.05, 0.1) is 5.39 Å². The molecule has 6 heteroatoms. The minimum atomic E-state index is 0.559. The summed E-state index contributed by atoms with van der Waals surface area (Å²) >= 11 is 5.05. The van der Waals surface area contributed by atoms with Gasteiger partial charge in [-0.25, -0.2) is 4.98 Å². The van der Waals surface area contributed by atoms with E-state index in [-0.39, 0.29) is 0 Å². The molecule has 2 heterocycles. The highest BCUT2D eigenvalue weighted by molar-refractivity contribution is 9.10. The lowest BCUT2D eigenvalue weighted by molar-refractivity contribution is 0.468. The number of hydrogen-bond acceptors (Lipinski definition) is 5. The van der Waals surface area contributed by atoms with Gasteiger partial charge in [0.1, 0.15) is 10.6 Å². The van der Waals surface area contributed by atoms with Gasteiger partial charge in [0, 0.05) is 11.5 Å².